The van der Waals surface area contributed by atoms with E-state index in [1.807, 2.05) is 0 Å². The largest absolute Gasteiger partial charge is 0.481 e. The van der Waals surface area contributed by atoms with Crippen molar-refractivity contribution in [2.75, 3.05) is 13.1 Å². The Kier molecular flexibility index (Phi) is 4.66. The normalized spacial score (nSPS) is 20.4. The zero-order valence-corrected chi connectivity index (χ0v) is 13.9. The lowest BCUT2D eigenvalue weighted by atomic mass is 9.96. The van der Waals surface area contributed by atoms with Crippen LogP contribution in [0.2, 0.25) is 5.02 Å². The van der Waals surface area contributed by atoms with E-state index in [1.54, 1.807) is 24.3 Å². The lowest BCUT2D eigenvalue weighted by Crippen LogP contribution is -2.34. The first kappa shape index (κ1) is 18.2. The van der Waals surface area contributed by atoms with E-state index in [9.17, 15) is 22.8 Å². The molecule has 10 heteroatoms. The van der Waals surface area contributed by atoms with Gasteiger partial charge in [0.15, 0.2) is 5.69 Å². The lowest BCUT2D eigenvalue weighted by molar-refractivity contribution is -0.187. The molecule has 3 rings (SSSR count). The van der Waals surface area contributed by atoms with E-state index >= 15 is 0 Å². The fourth-order valence-electron chi connectivity index (χ4n) is 2.89. The predicted octanol–water partition coefficient (Wildman–Crippen LogP) is 2.86. The predicted molar refractivity (Wildman–Crippen MR) is 85.1 cm³/mol. The van der Waals surface area contributed by atoms with Crippen molar-refractivity contribution in [2.24, 2.45) is 11.8 Å². The molecule has 1 N–H and O–H groups in total. The van der Waals surface area contributed by atoms with Gasteiger partial charge >= 0.3 is 12.1 Å². The van der Waals surface area contributed by atoms with Crippen molar-refractivity contribution in [3.05, 3.63) is 47.2 Å². The van der Waals surface area contributed by atoms with Gasteiger partial charge in [-0.1, -0.05) is 11.6 Å². The highest BCUT2D eigenvalue weighted by Crippen LogP contribution is 2.38. The minimum Gasteiger partial charge on any atom is -0.481 e. The number of aromatic nitrogens is 2. The van der Waals surface area contributed by atoms with E-state index in [0.29, 0.717) is 10.7 Å². The second kappa shape index (κ2) is 6.64. The van der Waals surface area contributed by atoms with Gasteiger partial charge in [-0.2, -0.15) is 18.3 Å². The van der Waals surface area contributed by atoms with Gasteiger partial charge < -0.3 is 10.0 Å². The molecule has 6 nitrogen and oxygen atoms in total. The minimum atomic E-state index is -4.69. The maximum atomic E-state index is 13.0. The van der Waals surface area contributed by atoms with Gasteiger partial charge in [0.05, 0.1) is 17.5 Å². The van der Waals surface area contributed by atoms with Crippen LogP contribution in [0, 0.1) is 11.8 Å². The molecule has 1 amide bonds. The fourth-order valence-corrected chi connectivity index (χ4v) is 3.02. The third-order valence-corrected chi connectivity index (χ3v) is 4.50. The average molecular weight is 388 g/mol. The number of benzene rings is 1. The van der Waals surface area contributed by atoms with Gasteiger partial charge in [-0.3, -0.25) is 9.59 Å². The lowest BCUT2D eigenvalue weighted by Gasteiger charge is -2.18. The van der Waals surface area contributed by atoms with Crippen LogP contribution in [0.5, 0.6) is 0 Å². The Morgan fingerprint density at radius 3 is 2.35 bits per heavy atom. The number of carboxylic acid groups (broad SMARTS) is 1. The Bertz CT molecular complexity index is 835. The molecule has 2 heterocycles. The zero-order valence-electron chi connectivity index (χ0n) is 13.2. The first-order chi connectivity index (χ1) is 12.2. The van der Waals surface area contributed by atoms with Crippen LogP contribution >= 0.6 is 11.6 Å². The van der Waals surface area contributed by atoms with Gasteiger partial charge in [-0.25, -0.2) is 4.68 Å². The highest BCUT2D eigenvalue weighted by Gasteiger charge is 2.53. The summed E-state index contributed by atoms with van der Waals surface area (Å²) >= 11 is 5.80. The van der Waals surface area contributed by atoms with Crippen LogP contribution in [-0.4, -0.2) is 50.9 Å². The second-order valence-corrected chi connectivity index (χ2v) is 6.36. The monoisotopic (exact) mass is 387 g/mol. The van der Waals surface area contributed by atoms with Gasteiger partial charge in [0.2, 0.25) is 0 Å². The van der Waals surface area contributed by atoms with E-state index in [1.165, 1.54) is 16.9 Å². The molecule has 0 aliphatic carbocycles. The zero-order chi connectivity index (χ0) is 19.1. The van der Waals surface area contributed by atoms with E-state index in [4.69, 9.17) is 16.7 Å². The minimum absolute atomic E-state index is 0.0630. The molecule has 1 aromatic carbocycles. The molecule has 1 aliphatic heterocycles. The molecule has 1 aromatic heterocycles. The van der Waals surface area contributed by atoms with Crippen molar-refractivity contribution in [3.8, 4) is 5.69 Å². The number of alkyl halides is 3. The standard InChI is InChI=1S/C16H13ClF3N3O3/c17-9-1-3-10(4-2-9)23-6-5-13(21-23)14(24)22-7-11(15(25)26)12(8-22)16(18,19)20/h1-6,11-12H,7-8H2,(H,25,26)/t11-,12-/m1/s1. The number of carbonyl (C=O) groups excluding carboxylic acids is 1. The molecule has 0 spiro atoms. The van der Waals surface area contributed by atoms with Crippen LogP contribution in [0.3, 0.4) is 0 Å². The van der Waals surface area contributed by atoms with Crippen molar-refractivity contribution < 1.29 is 27.9 Å². The van der Waals surface area contributed by atoms with Gasteiger partial charge in [0.1, 0.15) is 0 Å². The van der Waals surface area contributed by atoms with Crippen LogP contribution in [-0.2, 0) is 4.79 Å². The van der Waals surface area contributed by atoms with Gasteiger partial charge in [-0.15, -0.1) is 0 Å². The maximum absolute atomic E-state index is 13.0. The first-order valence-electron chi connectivity index (χ1n) is 7.57. The Morgan fingerprint density at radius 1 is 1.15 bits per heavy atom. The topological polar surface area (TPSA) is 75.4 Å². The van der Waals surface area contributed by atoms with Crippen LogP contribution < -0.4 is 0 Å². The second-order valence-electron chi connectivity index (χ2n) is 5.92. The van der Waals surface area contributed by atoms with Crippen molar-refractivity contribution in [1.29, 1.82) is 0 Å². The summed E-state index contributed by atoms with van der Waals surface area (Å²) in [5.74, 6) is -6.09. The molecule has 0 unspecified atom stereocenters. The molecule has 0 bridgehead atoms. The van der Waals surface area contributed by atoms with Crippen molar-refractivity contribution in [3.63, 3.8) is 0 Å². The Hall–Kier alpha value is -2.55. The summed E-state index contributed by atoms with van der Waals surface area (Å²) in [7, 11) is 0. The van der Waals surface area contributed by atoms with E-state index in [-0.39, 0.29) is 5.69 Å². The van der Waals surface area contributed by atoms with Gasteiger partial charge in [0.25, 0.3) is 5.91 Å². The SMILES string of the molecule is O=C(O)[C@@H]1CN(C(=O)c2ccn(-c3ccc(Cl)cc3)n2)C[C@H]1C(F)(F)F. The molecule has 1 fully saturated rings. The molecule has 138 valence electrons. The Morgan fingerprint density at radius 2 is 1.81 bits per heavy atom. The molecule has 26 heavy (non-hydrogen) atoms. The van der Waals surface area contributed by atoms with Crippen LogP contribution in [0.4, 0.5) is 13.2 Å². The quantitative estimate of drug-likeness (QED) is 0.878. The number of hydrogen-bond donors (Lipinski definition) is 1. The number of carbonyl (C=O) groups is 2. The van der Waals surface area contributed by atoms with Gasteiger partial charge in [0, 0.05) is 24.3 Å². The Balaban J connectivity index is 1.80. The van der Waals surface area contributed by atoms with E-state index in [2.05, 4.69) is 5.10 Å². The molecule has 0 saturated carbocycles. The first-order valence-corrected chi connectivity index (χ1v) is 7.95. The Labute approximate surface area is 150 Å². The molecule has 1 aliphatic rings. The average Bonchev–Trinajstić information content (AvgIpc) is 3.22. The van der Waals surface area contributed by atoms with Crippen LogP contribution in [0.25, 0.3) is 5.69 Å². The molecule has 2 atom stereocenters. The van der Waals surface area contributed by atoms with E-state index in [0.717, 1.165) is 4.90 Å². The summed E-state index contributed by atoms with van der Waals surface area (Å²) in [6, 6.07) is 7.96. The number of aliphatic carboxylic acids is 1. The number of hydrogen-bond acceptors (Lipinski definition) is 3. The number of likely N-dealkylation sites (tertiary alicyclic amines) is 1. The number of carboxylic acids is 1. The fraction of sp³-hybridized carbons (Fsp3) is 0.312. The molecular weight excluding hydrogens is 375 g/mol. The van der Waals surface area contributed by atoms with Crippen molar-refractivity contribution in [2.45, 2.75) is 6.18 Å². The van der Waals surface area contributed by atoms with Crippen LogP contribution in [0.15, 0.2) is 36.5 Å². The summed E-state index contributed by atoms with van der Waals surface area (Å²) in [6.07, 6.45) is -3.21. The summed E-state index contributed by atoms with van der Waals surface area (Å²) in [6.45, 7) is -1.21. The molecule has 2 aromatic rings. The third-order valence-electron chi connectivity index (χ3n) is 4.24. The van der Waals surface area contributed by atoms with Gasteiger partial charge in [-0.05, 0) is 30.3 Å². The highest BCUT2D eigenvalue weighted by atomic mass is 35.5. The van der Waals surface area contributed by atoms with Crippen molar-refractivity contribution >= 4 is 23.5 Å². The number of rotatable bonds is 3. The molecule has 0 radical (unpaired) electrons. The highest BCUT2D eigenvalue weighted by molar-refractivity contribution is 6.30. The number of amides is 1. The summed E-state index contributed by atoms with van der Waals surface area (Å²) in [5.41, 5.74) is 0.554. The number of halogens is 4. The third kappa shape index (κ3) is 3.52. The number of nitrogens with zero attached hydrogens (tertiary/aromatic N) is 3. The molecular formula is C16H13ClF3N3O3. The van der Waals surface area contributed by atoms with Crippen LogP contribution in [0.1, 0.15) is 10.5 Å². The van der Waals surface area contributed by atoms with E-state index < -0.39 is 43.0 Å². The summed E-state index contributed by atoms with van der Waals surface area (Å²) in [5, 5.41) is 13.6. The summed E-state index contributed by atoms with van der Waals surface area (Å²) in [4.78, 5) is 24.4. The van der Waals surface area contributed by atoms with Crippen molar-refractivity contribution in [1.82, 2.24) is 14.7 Å². The molecule has 1 saturated heterocycles. The smallest absolute Gasteiger partial charge is 0.394 e. The summed E-state index contributed by atoms with van der Waals surface area (Å²) < 4.78 is 40.5. The maximum Gasteiger partial charge on any atom is 0.394 e.